The van der Waals surface area contributed by atoms with Crippen molar-refractivity contribution in [3.05, 3.63) is 34.1 Å². The highest BCUT2D eigenvalue weighted by Gasteiger charge is 2.32. The molecule has 112 valence electrons. The van der Waals surface area contributed by atoms with E-state index in [4.69, 9.17) is 0 Å². The van der Waals surface area contributed by atoms with Crippen LogP contribution in [0.25, 0.3) is 0 Å². The van der Waals surface area contributed by atoms with Gasteiger partial charge < -0.3 is 5.32 Å². The average Bonchev–Trinajstić information content (AvgIpc) is 2.48. The van der Waals surface area contributed by atoms with Crippen molar-refractivity contribution < 1.29 is 4.39 Å². The van der Waals surface area contributed by atoms with Gasteiger partial charge in [-0.15, -0.1) is 0 Å². The van der Waals surface area contributed by atoms with E-state index in [-0.39, 0.29) is 11.9 Å². The molecule has 1 saturated carbocycles. The minimum atomic E-state index is -0.0983. The summed E-state index contributed by atoms with van der Waals surface area (Å²) >= 11 is 3.32. The standard InChI is InChI=1S/C17H25BrFN/c1-3-12-8-5-6-9-13(12)17(20-4-2)14-10-7-11-15(18)16(14)19/h7,10-13,17,20H,3-6,8-9H2,1-2H3. The summed E-state index contributed by atoms with van der Waals surface area (Å²) in [6.07, 6.45) is 6.30. The van der Waals surface area contributed by atoms with Crippen LogP contribution in [0.5, 0.6) is 0 Å². The summed E-state index contributed by atoms with van der Waals surface area (Å²) in [4.78, 5) is 0. The lowest BCUT2D eigenvalue weighted by molar-refractivity contribution is 0.174. The Morgan fingerprint density at radius 2 is 2.05 bits per heavy atom. The van der Waals surface area contributed by atoms with Gasteiger partial charge in [0, 0.05) is 11.6 Å². The Balaban J connectivity index is 2.32. The molecule has 0 bridgehead atoms. The van der Waals surface area contributed by atoms with Crippen molar-refractivity contribution >= 4 is 15.9 Å². The molecule has 0 heterocycles. The molecule has 0 spiro atoms. The van der Waals surface area contributed by atoms with Gasteiger partial charge in [-0.1, -0.05) is 51.7 Å². The van der Waals surface area contributed by atoms with Crippen LogP contribution in [0.4, 0.5) is 4.39 Å². The van der Waals surface area contributed by atoms with Gasteiger partial charge in [0.05, 0.1) is 4.47 Å². The molecule has 0 aliphatic heterocycles. The fraction of sp³-hybridized carbons (Fsp3) is 0.647. The second-order valence-electron chi connectivity index (χ2n) is 5.80. The molecule has 20 heavy (non-hydrogen) atoms. The maximum absolute atomic E-state index is 14.5. The van der Waals surface area contributed by atoms with Crippen LogP contribution >= 0.6 is 15.9 Å². The zero-order chi connectivity index (χ0) is 14.5. The topological polar surface area (TPSA) is 12.0 Å². The molecule has 3 heteroatoms. The fourth-order valence-corrected chi connectivity index (χ4v) is 4.04. The molecule has 0 aromatic heterocycles. The third-order valence-electron chi connectivity index (χ3n) is 4.66. The fourth-order valence-electron chi connectivity index (χ4n) is 3.65. The van der Waals surface area contributed by atoms with Crippen LogP contribution in [0, 0.1) is 17.7 Å². The molecule has 0 radical (unpaired) electrons. The van der Waals surface area contributed by atoms with Crippen molar-refractivity contribution in [3.63, 3.8) is 0 Å². The minimum absolute atomic E-state index is 0.0983. The van der Waals surface area contributed by atoms with E-state index < -0.39 is 0 Å². The van der Waals surface area contributed by atoms with Crippen LogP contribution in [-0.2, 0) is 0 Å². The molecule has 2 rings (SSSR count). The van der Waals surface area contributed by atoms with Gasteiger partial charge in [-0.3, -0.25) is 0 Å². The van der Waals surface area contributed by atoms with Gasteiger partial charge in [-0.25, -0.2) is 4.39 Å². The molecule has 1 N–H and O–H groups in total. The van der Waals surface area contributed by atoms with E-state index >= 15 is 0 Å². The third kappa shape index (κ3) is 3.43. The summed E-state index contributed by atoms with van der Waals surface area (Å²) in [7, 11) is 0. The molecule has 3 atom stereocenters. The highest BCUT2D eigenvalue weighted by Crippen LogP contribution is 2.41. The second-order valence-corrected chi connectivity index (χ2v) is 6.65. The van der Waals surface area contributed by atoms with Crippen LogP contribution in [-0.4, -0.2) is 6.54 Å². The van der Waals surface area contributed by atoms with E-state index in [0.717, 1.165) is 12.1 Å². The minimum Gasteiger partial charge on any atom is -0.310 e. The lowest BCUT2D eigenvalue weighted by Crippen LogP contribution is -2.35. The Kier molecular flexibility index (Phi) is 6.03. The van der Waals surface area contributed by atoms with Gasteiger partial charge in [0.15, 0.2) is 0 Å². The molecule has 1 aliphatic carbocycles. The van der Waals surface area contributed by atoms with E-state index in [1.807, 2.05) is 12.1 Å². The molecule has 1 nitrogen and oxygen atoms in total. The van der Waals surface area contributed by atoms with Crippen LogP contribution < -0.4 is 5.32 Å². The number of rotatable bonds is 5. The Morgan fingerprint density at radius 1 is 1.30 bits per heavy atom. The lowest BCUT2D eigenvalue weighted by atomic mass is 9.72. The molecular weight excluding hydrogens is 317 g/mol. The van der Waals surface area contributed by atoms with Crippen LogP contribution in [0.15, 0.2) is 22.7 Å². The van der Waals surface area contributed by atoms with Crippen molar-refractivity contribution in [2.45, 2.75) is 52.0 Å². The molecule has 1 aromatic carbocycles. The van der Waals surface area contributed by atoms with Crippen molar-refractivity contribution in [1.82, 2.24) is 5.32 Å². The van der Waals surface area contributed by atoms with E-state index in [2.05, 4.69) is 35.1 Å². The largest absolute Gasteiger partial charge is 0.310 e. The molecule has 1 aliphatic rings. The van der Waals surface area contributed by atoms with Gasteiger partial charge in [-0.2, -0.15) is 0 Å². The van der Waals surface area contributed by atoms with Crippen LogP contribution in [0.2, 0.25) is 0 Å². The van der Waals surface area contributed by atoms with Gasteiger partial charge in [0.25, 0.3) is 0 Å². The summed E-state index contributed by atoms with van der Waals surface area (Å²) in [6, 6.07) is 5.80. The zero-order valence-corrected chi connectivity index (χ0v) is 14.0. The van der Waals surface area contributed by atoms with Crippen molar-refractivity contribution in [3.8, 4) is 0 Å². The molecule has 1 aromatic rings. The number of halogens is 2. The maximum Gasteiger partial charge on any atom is 0.142 e. The Bertz CT molecular complexity index is 435. The number of hydrogen-bond acceptors (Lipinski definition) is 1. The average molecular weight is 342 g/mol. The smallest absolute Gasteiger partial charge is 0.142 e. The highest BCUT2D eigenvalue weighted by atomic mass is 79.9. The predicted molar refractivity (Wildman–Crippen MR) is 86.3 cm³/mol. The quantitative estimate of drug-likeness (QED) is 0.750. The Hall–Kier alpha value is -0.410. The predicted octanol–water partition coefficient (Wildman–Crippen LogP) is 5.46. The Labute approximate surface area is 130 Å². The van der Waals surface area contributed by atoms with Crippen LogP contribution in [0.3, 0.4) is 0 Å². The first-order valence-corrected chi connectivity index (χ1v) is 8.65. The number of hydrogen-bond donors (Lipinski definition) is 1. The van der Waals surface area contributed by atoms with E-state index in [1.165, 1.54) is 32.1 Å². The maximum atomic E-state index is 14.5. The zero-order valence-electron chi connectivity index (χ0n) is 12.5. The third-order valence-corrected chi connectivity index (χ3v) is 5.27. The van der Waals surface area contributed by atoms with Crippen molar-refractivity contribution in [1.29, 1.82) is 0 Å². The molecule has 0 amide bonds. The number of nitrogens with one attached hydrogen (secondary N) is 1. The first-order chi connectivity index (χ1) is 9.69. The summed E-state index contributed by atoms with van der Waals surface area (Å²) in [5.41, 5.74) is 0.826. The molecule has 1 fully saturated rings. The lowest BCUT2D eigenvalue weighted by Gasteiger charge is -2.37. The van der Waals surface area contributed by atoms with Crippen molar-refractivity contribution in [2.24, 2.45) is 11.8 Å². The summed E-state index contributed by atoms with van der Waals surface area (Å²) in [5.74, 6) is 1.17. The monoisotopic (exact) mass is 341 g/mol. The SMILES string of the molecule is CCNC(c1cccc(Br)c1F)C1CCCCC1CC. The highest BCUT2D eigenvalue weighted by molar-refractivity contribution is 9.10. The van der Waals surface area contributed by atoms with Crippen molar-refractivity contribution in [2.75, 3.05) is 6.54 Å². The van der Waals surface area contributed by atoms with Crippen LogP contribution in [0.1, 0.15) is 57.6 Å². The summed E-state index contributed by atoms with van der Waals surface area (Å²) < 4.78 is 15.0. The molecule has 3 unspecified atom stereocenters. The first-order valence-electron chi connectivity index (χ1n) is 7.86. The van der Waals surface area contributed by atoms with Gasteiger partial charge in [-0.05, 0) is 46.8 Å². The first kappa shape index (κ1) is 16.0. The normalized spacial score (nSPS) is 24.6. The van der Waals surface area contributed by atoms with Gasteiger partial charge >= 0.3 is 0 Å². The van der Waals surface area contributed by atoms with Gasteiger partial charge in [0.2, 0.25) is 0 Å². The summed E-state index contributed by atoms with van der Waals surface area (Å²) in [6.45, 7) is 5.25. The second kappa shape index (κ2) is 7.56. The molecular formula is C17H25BrFN. The van der Waals surface area contributed by atoms with Gasteiger partial charge in [0.1, 0.15) is 5.82 Å². The number of benzene rings is 1. The van der Waals surface area contributed by atoms with E-state index in [0.29, 0.717) is 16.3 Å². The Morgan fingerprint density at radius 3 is 2.75 bits per heavy atom. The summed E-state index contributed by atoms with van der Waals surface area (Å²) in [5, 5.41) is 3.54. The van der Waals surface area contributed by atoms with E-state index in [1.54, 1.807) is 6.07 Å². The van der Waals surface area contributed by atoms with E-state index in [9.17, 15) is 4.39 Å². The molecule has 0 saturated heterocycles.